The van der Waals surface area contributed by atoms with E-state index in [9.17, 15) is 4.79 Å². The highest BCUT2D eigenvalue weighted by atomic mass is 32.2. The van der Waals surface area contributed by atoms with Crippen molar-refractivity contribution >= 4 is 46.5 Å². The average molecular weight is 340 g/mol. The molecule has 1 amide bonds. The third-order valence-corrected chi connectivity index (χ3v) is 5.94. The van der Waals surface area contributed by atoms with E-state index in [0.29, 0.717) is 0 Å². The molecule has 0 saturated carbocycles. The number of hydrogen-bond donors (Lipinski definition) is 1. The summed E-state index contributed by atoms with van der Waals surface area (Å²) in [5.41, 5.74) is 3.06. The first-order valence-corrected chi connectivity index (χ1v) is 9.34. The monoisotopic (exact) mass is 339 g/mol. The van der Waals surface area contributed by atoms with Gasteiger partial charge in [0.1, 0.15) is 0 Å². The third-order valence-electron chi connectivity index (χ3n) is 2.86. The first kappa shape index (κ1) is 16.3. The summed E-state index contributed by atoms with van der Waals surface area (Å²) in [7, 11) is 0. The normalized spacial score (nSPS) is 12.2. The number of carbonyl (C=O) groups is 1. The van der Waals surface area contributed by atoms with Gasteiger partial charge in [-0.2, -0.15) is 0 Å². The maximum absolute atomic E-state index is 12.3. The molecule has 0 aliphatic rings. The lowest BCUT2D eigenvalue weighted by Gasteiger charge is -2.12. The molecule has 21 heavy (non-hydrogen) atoms. The van der Waals surface area contributed by atoms with Gasteiger partial charge >= 0.3 is 0 Å². The molecule has 0 bridgehead atoms. The number of anilines is 1. The average Bonchev–Trinajstić information content (AvgIpc) is 2.90. The molecule has 0 aliphatic carbocycles. The topological polar surface area (TPSA) is 54.9 Å². The van der Waals surface area contributed by atoms with Crippen LogP contribution in [0.2, 0.25) is 0 Å². The molecule has 4 nitrogen and oxygen atoms in total. The molecule has 1 heterocycles. The Balaban J connectivity index is 2.00. The van der Waals surface area contributed by atoms with Crippen molar-refractivity contribution in [2.24, 2.45) is 0 Å². The Morgan fingerprint density at radius 1 is 1.29 bits per heavy atom. The van der Waals surface area contributed by atoms with Gasteiger partial charge in [-0.3, -0.25) is 4.79 Å². The Kier molecular flexibility index (Phi) is 5.66. The smallest absolute Gasteiger partial charge is 0.237 e. The molecular formula is C14H17N3OS3. The van der Waals surface area contributed by atoms with E-state index in [4.69, 9.17) is 0 Å². The van der Waals surface area contributed by atoms with Crippen molar-refractivity contribution in [1.29, 1.82) is 0 Å². The molecule has 0 spiro atoms. The fraction of sp³-hybridized carbons (Fsp3) is 0.357. The van der Waals surface area contributed by atoms with Crippen molar-refractivity contribution in [3.05, 3.63) is 29.3 Å². The first-order chi connectivity index (χ1) is 9.99. The van der Waals surface area contributed by atoms with Gasteiger partial charge in [0.2, 0.25) is 5.91 Å². The zero-order valence-corrected chi connectivity index (χ0v) is 14.8. The second-order valence-electron chi connectivity index (χ2n) is 4.61. The Hall–Kier alpha value is -1.05. The summed E-state index contributed by atoms with van der Waals surface area (Å²) in [6.07, 6.45) is 1.96. The van der Waals surface area contributed by atoms with E-state index in [1.807, 2.05) is 45.2 Å². The highest BCUT2D eigenvalue weighted by molar-refractivity contribution is 8.03. The molecule has 2 aromatic rings. The zero-order chi connectivity index (χ0) is 15.4. The van der Waals surface area contributed by atoms with Crippen LogP contribution in [0.3, 0.4) is 0 Å². The second kappa shape index (κ2) is 7.29. The molecular weight excluding hydrogens is 322 g/mol. The van der Waals surface area contributed by atoms with E-state index < -0.39 is 0 Å². The van der Waals surface area contributed by atoms with Crippen molar-refractivity contribution in [2.45, 2.75) is 34.7 Å². The molecule has 7 heteroatoms. The number of thioether (sulfide) groups is 2. The van der Waals surface area contributed by atoms with E-state index in [1.165, 1.54) is 23.1 Å². The zero-order valence-electron chi connectivity index (χ0n) is 12.3. The SMILES string of the molecule is CSc1nnc(S[C@H](C)C(=O)Nc2cc(C)ccc2C)s1. The van der Waals surface area contributed by atoms with Crippen molar-refractivity contribution in [3.63, 3.8) is 0 Å². The van der Waals surface area contributed by atoms with Crippen LogP contribution in [0, 0.1) is 13.8 Å². The van der Waals surface area contributed by atoms with Crippen LogP contribution in [0.4, 0.5) is 5.69 Å². The summed E-state index contributed by atoms with van der Waals surface area (Å²) < 4.78 is 1.74. The van der Waals surface area contributed by atoms with Gasteiger partial charge in [0.25, 0.3) is 0 Å². The summed E-state index contributed by atoms with van der Waals surface area (Å²) >= 11 is 4.51. The summed E-state index contributed by atoms with van der Waals surface area (Å²) in [5, 5.41) is 10.9. The molecule has 1 atom stereocenters. The van der Waals surface area contributed by atoms with Crippen LogP contribution in [-0.4, -0.2) is 27.6 Å². The molecule has 0 aliphatic heterocycles. The van der Waals surface area contributed by atoms with Gasteiger partial charge < -0.3 is 5.32 Å². The number of hydrogen-bond acceptors (Lipinski definition) is 6. The fourth-order valence-electron chi connectivity index (χ4n) is 1.64. The highest BCUT2D eigenvalue weighted by Crippen LogP contribution is 2.30. The molecule has 0 saturated heterocycles. The fourth-order valence-corrected chi connectivity index (χ4v) is 4.22. The van der Waals surface area contributed by atoms with Crippen LogP contribution in [0.1, 0.15) is 18.1 Å². The van der Waals surface area contributed by atoms with Gasteiger partial charge in [-0.1, -0.05) is 47.0 Å². The predicted octanol–water partition coefficient (Wildman–Crippen LogP) is 4.00. The van der Waals surface area contributed by atoms with Crippen molar-refractivity contribution in [2.75, 3.05) is 11.6 Å². The lowest BCUT2D eigenvalue weighted by atomic mass is 10.1. The Bertz CT molecular complexity index is 642. The molecule has 0 radical (unpaired) electrons. The minimum Gasteiger partial charge on any atom is -0.325 e. The van der Waals surface area contributed by atoms with Gasteiger partial charge in [0.05, 0.1) is 5.25 Å². The van der Waals surface area contributed by atoms with E-state index in [-0.39, 0.29) is 11.2 Å². The Labute approximate surface area is 137 Å². The molecule has 2 rings (SSSR count). The summed E-state index contributed by atoms with van der Waals surface area (Å²) in [4.78, 5) is 12.3. The van der Waals surface area contributed by atoms with Crippen molar-refractivity contribution in [1.82, 2.24) is 10.2 Å². The Morgan fingerprint density at radius 2 is 2.00 bits per heavy atom. The number of amides is 1. The highest BCUT2D eigenvalue weighted by Gasteiger charge is 2.17. The van der Waals surface area contributed by atoms with Crippen LogP contribution in [0.25, 0.3) is 0 Å². The Morgan fingerprint density at radius 3 is 2.67 bits per heavy atom. The minimum absolute atomic E-state index is 0.0189. The summed E-state index contributed by atoms with van der Waals surface area (Å²) in [6, 6.07) is 6.04. The number of benzene rings is 1. The second-order valence-corrected chi connectivity index (χ2v) is 8.22. The van der Waals surface area contributed by atoms with Gasteiger partial charge in [0, 0.05) is 5.69 Å². The summed E-state index contributed by atoms with van der Waals surface area (Å²) in [5.74, 6) is -0.0189. The molecule has 112 valence electrons. The van der Waals surface area contributed by atoms with Crippen molar-refractivity contribution in [3.8, 4) is 0 Å². The largest absolute Gasteiger partial charge is 0.325 e. The van der Waals surface area contributed by atoms with Gasteiger partial charge in [-0.25, -0.2) is 0 Å². The number of nitrogens with one attached hydrogen (secondary N) is 1. The van der Waals surface area contributed by atoms with Crippen LogP contribution in [0.5, 0.6) is 0 Å². The maximum atomic E-state index is 12.3. The molecule has 1 aromatic heterocycles. The number of rotatable bonds is 5. The van der Waals surface area contributed by atoms with E-state index in [2.05, 4.69) is 15.5 Å². The van der Waals surface area contributed by atoms with E-state index in [0.717, 1.165) is 25.5 Å². The van der Waals surface area contributed by atoms with Crippen LogP contribution in [-0.2, 0) is 4.79 Å². The number of aryl methyl sites for hydroxylation is 2. The first-order valence-electron chi connectivity index (χ1n) is 6.42. The maximum Gasteiger partial charge on any atom is 0.237 e. The molecule has 0 unspecified atom stereocenters. The van der Waals surface area contributed by atoms with Gasteiger partial charge in [0.15, 0.2) is 8.68 Å². The predicted molar refractivity (Wildman–Crippen MR) is 91.6 cm³/mol. The molecule has 0 fully saturated rings. The van der Waals surface area contributed by atoms with Crippen LogP contribution in [0.15, 0.2) is 26.9 Å². The van der Waals surface area contributed by atoms with E-state index in [1.54, 1.807) is 11.8 Å². The number of aromatic nitrogens is 2. The van der Waals surface area contributed by atoms with Gasteiger partial charge in [-0.05, 0) is 44.2 Å². The number of nitrogens with zero attached hydrogens (tertiary/aromatic N) is 2. The van der Waals surface area contributed by atoms with Gasteiger partial charge in [-0.15, -0.1) is 10.2 Å². The summed E-state index contributed by atoms with van der Waals surface area (Å²) in [6.45, 7) is 5.88. The lowest BCUT2D eigenvalue weighted by molar-refractivity contribution is -0.115. The lowest BCUT2D eigenvalue weighted by Crippen LogP contribution is -2.22. The van der Waals surface area contributed by atoms with Crippen molar-refractivity contribution < 1.29 is 4.79 Å². The van der Waals surface area contributed by atoms with E-state index >= 15 is 0 Å². The third kappa shape index (κ3) is 4.46. The minimum atomic E-state index is -0.215. The van der Waals surface area contributed by atoms with Crippen LogP contribution < -0.4 is 5.32 Å². The molecule has 1 N–H and O–H groups in total. The number of carbonyl (C=O) groups excluding carboxylic acids is 1. The van der Waals surface area contributed by atoms with Crippen LogP contribution >= 0.6 is 34.9 Å². The molecule has 1 aromatic carbocycles. The quantitative estimate of drug-likeness (QED) is 0.835. The standard InChI is InChI=1S/C14H17N3OS3/c1-8-5-6-9(2)11(7-8)15-12(18)10(3)20-14-17-16-13(19-4)21-14/h5-7,10H,1-4H3,(H,15,18)/t10-/m1/s1.